The molecule has 1 aliphatic heterocycles. The van der Waals surface area contributed by atoms with Crippen molar-refractivity contribution in [2.24, 2.45) is 11.3 Å². The maximum atomic E-state index is 6.75. The van der Waals surface area contributed by atoms with Crippen LogP contribution in [0.5, 0.6) is 23.0 Å². The van der Waals surface area contributed by atoms with Crippen LogP contribution in [0.3, 0.4) is 0 Å². The van der Waals surface area contributed by atoms with Crippen molar-refractivity contribution < 1.29 is 18.9 Å². The van der Waals surface area contributed by atoms with Gasteiger partial charge in [-0.25, -0.2) is 0 Å². The van der Waals surface area contributed by atoms with Crippen LogP contribution in [-0.4, -0.2) is 26.9 Å². The Morgan fingerprint density at radius 3 is 2.07 bits per heavy atom. The van der Waals surface area contributed by atoms with Crippen molar-refractivity contribution in [3.05, 3.63) is 69.8 Å². The zero-order valence-electron chi connectivity index (χ0n) is 26.8. The largest absolute Gasteiger partial charge is 0.496 e. The fourth-order valence-corrected chi connectivity index (χ4v) is 6.80. The van der Waals surface area contributed by atoms with Crippen LogP contribution in [0.25, 0.3) is 12.2 Å². The van der Waals surface area contributed by atoms with E-state index in [2.05, 4.69) is 90.1 Å². The van der Waals surface area contributed by atoms with Crippen molar-refractivity contribution in [2.45, 2.75) is 92.1 Å². The van der Waals surface area contributed by atoms with Gasteiger partial charge >= 0.3 is 0 Å². The lowest BCUT2D eigenvalue weighted by molar-refractivity contribution is -0.0827. The summed E-state index contributed by atoms with van der Waals surface area (Å²) in [6.07, 6.45) is 16.3. The third-order valence-electron chi connectivity index (χ3n) is 9.15. The maximum Gasteiger partial charge on any atom is 0.165 e. The average Bonchev–Trinajstić information content (AvgIpc) is 2.93. The maximum absolute atomic E-state index is 6.75. The molecule has 4 rings (SSSR count). The van der Waals surface area contributed by atoms with Crippen LogP contribution in [0, 0.1) is 11.3 Å². The number of fused-ring (bicyclic) bond motifs is 2. The number of hydrogen-bond donors (Lipinski definition) is 0. The van der Waals surface area contributed by atoms with Gasteiger partial charge in [0.05, 0.1) is 21.3 Å². The van der Waals surface area contributed by atoms with Gasteiger partial charge < -0.3 is 18.9 Å². The van der Waals surface area contributed by atoms with Crippen LogP contribution in [0.15, 0.2) is 47.6 Å². The summed E-state index contributed by atoms with van der Waals surface area (Å²) in [5, 5.41) is 0. The first-order valence-electron chi connectivity index (χ1n) is 15.1. The van der Waals surface area contributed by atoms with Crippen molar-refractivity contribution >= 4 is 12.2 Å². The Morgan fingerprint density at radius 2 is 1.46 bits per heavy atom. The van der Waals surface area contributed by atoms with E-state index < -0.39 is 0 Å². The molecule has 0 radical (unpaired) electrons. The van der Waals surface area contributed by atoms with E-state index in [1.54, 1.807) is 21.3 Å². The van der Waals surface area contributed by atoms with Crippen molar-refractivity contribution in [1.29, 1.82) is 0 Å². The number of benzene rings is 2. The first kappa shape index (κ1) is 30.8. The number of hydrogen-bond acceptors (Lipinski definition) is 4. The fraction of sp³-hybridized carbons (Fsp3) is 0.514. The zero-order valence-corrected chi connectivity index (χ0v) is 26.8. The summed E-state index contributed by atoms with van der Waals surface area (Å²) in [4.78, 5) is 0. The monoisotopic (exact) mass is 558 g/mol. The first-order chi connectivity index (χ1) is 19.5. The third-order valence-corrected chi connectivity index (χ3v) is 9.15. The molecule has 1 heterocycles. The van der Waals surface area contributed by atoms with Crippen LogP contribution in [0.4, 0.5) is 0 Å². The Hall–Kier alpha value is -3.14. The number of ether oxygens (including phenoxy) is 4. The summed E-state index contributed by atoms with van der Waals surface area (Å²) < 4.78 is 24.3. The third kappa shape index (κ3) is 7.02. The van der Waals surface area contributed by atoms with Crippen molar-refractivity contribution in [3.63, 3.8) is 0 Å². The van der Waals surface area contributed by atoms with E-state index >= 15 is 0 Å². The van der Waals surface area contributed by atoms with E-state index in [1.165, 1.54) is 29.6 Å². The highest BCUT2D eigenvalue weighted by Gasteiger charge is 2.51. The molecule has 0 bridgehead atoms. The molecule has 0 saturated heterocycles. The standard InChI is InChI=1S/C37H50O4/c1-25(2)12-10-13-26(3)14-17-30-31(38-7)21-28(22-32(30)39-8)16-15-27-20-29-24-34-36(4,5)18-11-19-37(34,6)41-35(29)33(23-27)40-9/h12,14-16,20-23,34H,10-11,13,17-19,24H2,1-9H3/b16-15+,26-14+/t34-,37-/m1/s1. The lowest BCUT2D eigenvalue weighted by Crippen LogP contribution is -2.54. The van der Waals surface area contributed by atoms with Crippen LogP contribution >= 0.6 is 0 Å². The van der Waals surface area contributed by atoms with Crippen LogP contribution < -0.4 is 18.9 Å². The second-order valence-corrected chi connectivity index (χ2v) is 13.0. The smallest absolute Gasteiger partial charge is 0.165 e. The average molecular weight is 559 g/mol. The van der Waals surface area contributed by atoms with Gasteiger partial charge in [0.15, 0.2) is 11.5 Å². The van der Waals surface area contributed by atoms with E-state index in [1.807, 2.05) is 0 Å². The van der Waals surface area contributed by atoms with Crippen LogP contribution in [0.1, 0.15) is 95.9 Å². The Balaban J connectivity index is 1.59. The van der Waals surface area contributed by atoms with Gasteiger partial charge in [-0.1, -0.05) is 49.3 Å². The molecule has 222 valence electrons. The van der Waals surface area contributed by atoms with Gasteiger partial charge in [-0.05, 0) is 119 Å². The molecule has 1 saturated carbocycles. The van der Waals surface area contributed by atoms with Crippen molar-refractivity contribution in [1.82, 2.24) is 0 Å². The van der Waals surface area contributed by atoms with Crippen molar-refractivity contribution in [3.8, 4) is 23.0 Å². The highest BCUT2D eigenvalue weighted by molar-refractivity contribution is 5.74. The minimum absolute atomic E-state index is 0.145. The molecule has 0 N–H and O–H groups in total. The molecule has 4 heteroatoms. The van der Waals surface area contributed by atoms with E-state index in [0.717, 1.165) is 71.8 Å². The molecule has 2 atom stereocenters. The molecule has 2 aromatic rings. The lowest BCUT2D eigenvalue weighted by atomic mass is 9.59. The zero-order chi connectivity index (χ0) is 29.8. The van der Waals surface area contributed by atoms with Gasteiger partial charge in [0, 0.05) is 11.5 Å². The molecule has 0 aromatic heterocycles. The summed E-state index contributed by atoms with van der Waals surface area (Å²) in [5.74, 6) is 3.88. The number of methoxy groups -OCH3 is 3. The Labute approximate surface area is 248 Å². The number of rotatable bonds is 10. The fourth-order valence-electron chi connectivity index (χ4n) is 6.80. The second kappa shape index (κ2) is 12.8. The summed E-state index contributed by atoms with van der Waals surface area (Å²) in [6, 6.07) is 8.54. The van der Waals surface area contributed by atoms with E-state index in [4.69, 9.17) is 18.9 Å². The number of allylic oxidation sites excluding steroid dienone is 4. The SMILES string of the molecule is COc1cc(/C=C/c2cc3c(c(OC)c2)O[C@]2(C)CCCC(C)(C)[C@H]2C3)cc(OC)c1C/C=C(\C)CCC=C(C)C. The van der Waals surface area contributed by atoms with E-state index in [0.29, 0.717) is 5.92 Å². The topological polar surface area (TPSA) is 36.9 Å². The molecule has 0 spiro atoms. The molecule has 1 aliphatic carbocycles. The molecular weight excluding hydrogens is 508 g/mol. The lowest BCUT2D eigenvalue weighted by Gasteiger charge is -2.53. The Bertz CT molecular complexity index is 1300. The highest BCUT2D eigenvalue weighted by atomic mass is 16.5. The van der Waals surface area contributed by atoms with Gasteiger partial charge in [-0.3, -0.25) is 0 Å². The minimum atomic E-state index is -0.145. The predicted octanol–water partition coefficient (Wildman–Crippen LogP) is 9.64. The highest BCUT2D eigenvalue weighted by Crippen LogP contribution is 2.54. The molecule has 41 heavy (non-hydrogen) atoms. The second-order valence-electron chi connectivity index (χ2n) is 13.0. The summed E-state index contributed by atoms with van der Waals surface area (Å²) in [5.41, 5.74) is 7.27. The molecule has 2 aromatic carbocycles. The van der Waals surface area contributed by atoms with Gasteiger partial charge in [0.2, 0.25) is 0 Å². The molecule has 2 aliphatic rings. The van der Waals surface area contributed by atoms with E-state index in [9.17, 15) is 0 Å². The summed E-state index contributed by atoms with van der Waals surface area (Å²) >= 11 is 0. The molecule has 0 unspecified atom stereocenters. The minimum Gasteiger partial charge on any atom is -0.496 e. The van der Waals surface area contributed by atoms with Crippen molar-refractivity contribution in [2.75, 3.05) is 21.3 Å². The Morgan fingerprint density at radius 1 is 0.854 bits per heavy atom. The normalized spacial score (nSPS) is 21.5. The van der Waals surface area contributed by atoms with Gasteiger partial charge in [-0.2, -0.15) is 0 Å². The van der Waals surface area contributed by atoms with Crippen LogP contribution in [0.2, 0.25) is 0 Å². The van der Waals surface area contributed by atoms with Gasteiger partial charge in [-0.15, -0.1) is 0 Å². The molecule has 1 fully saturated rings. The molecular formula is C37H50O4. The Kier molecular flexibility index (Phi) is 9.62. The first-order valence-corrected chi connectivity index (χ1v) is 15.1. The summed E-state index contributed by atoms with van der Waals surface area (Å²) in [7, 11) is 5.19. The summed E-state index contributed by atoms with van der Waals surface area (Å²) in [6.45, 7) is 13.6. The predicted molar refractivity (Wildman–Crippen MR) is 171 cm³/mol. The van der Waals surface area contributed by atoms with Gasteiger partial charge in [0.1, 0.15) is 17.1 Å². The quantitative estimate of drug-likeness (QED) is 0.215. The molecule has 4 nitrogen and oxygen atoms in total. The molecule has 0 amide bonds. The van der Waals surface area contributed by atoms with Gasteiger partial charge in [0.25, 0.3) is 0 Å². The van der Waals surface area contributed by atoms with E-state index in [-0.39, 0.29) is 11.0 Å². The van der Waals surface area contributed by atoms with Crippen LogP contribution in [-0.2, 0) is 12.8 Å².